The van der Waals surface area contributed by atoms with Gasteiger partial charge in [0.05, 0.1) is 0 Å². The molecule has 0 bridgehead atoms. The Morgan fingerprint density at radius 2 is 1.82 bits per heavy atom. The highest BCUT2D eigenvalue weighted by atomic mass is 16.6. The minimum atomic E-state index is -0.845. The second kappa shape index (κ2) is 8.81. The molecular weight excluding hydrogens is 360 g/mol. The van der Waals surface area contributed by atoms with Gasteiger partial charge in [0, 0.05) is 11.3 Å². The summed E-state index contributed by atoms with van der Waals surface area (Å²) in [5.41, 5.74) is 2.47. The van der Waals surface area contributed by atoms with Crippen molar-refractivity contribution in [2.75, 3.05) is 5.32 Å². The third kappa shape index (κ3) is 4.94. The Morgan fingerprint density at radius 3 is 2.57 bits per heavy atom. The quantitative estimate of drug-likeness (QED) is 0.636. The molecule has 0 aliphatic carbocycles. The number of hydrogen-bond donors (Lipinski definition) is 2. The molecule has 1 heterocycles. The topological polar surface area (TPSA) is 106 Å². The van der Waals surface area contributed by atoms with Crippen LogP contribution in [-0.2, 0) is 16.1 Å². The van der Waals surface area contributed by atoms with Crippen LogP contribution in [-0.4, -0.2) is 28.2 Å². The summed E-state index contributed by atoms with van der Waals surface area (Å²) in [6.07, 6.45) is 0. The van der Waals surface area contributed by atoms with E-state index in [4.69, 9.17) is 9.26 Å². The fourth-order valence-electron chi connectivity index (χ4n) is 2.45. The highest BCUT2D eigenvalue weighted by molar-refractivity contribution is 5.92. The van der Waals surface area contributed by atoms with Gasteiger partial charge in [-0.15, -0.1) is 0 Å². The number of benzene rings is 2. The monoisotopic (exact) mass is 380 g/mol. The molecule has 0 saturated carbocycles. The van der Waals surface area contributed by atoms with E-state index in [9.17, 15) is 9.59 Å². The normalized spacial score (nSPS) is 11.5. The Balaban J connectivity index is 1.50. The van der Waals surface area contributed by atoms with Crippen LogP contribution in [0.2, 0.25) is 0 Å². The van der Waals surface area contributed by atoms with Gasteiger partial charge in [0.25, 0.3) is 5.89 Å². The van der Waals surface area contributed by atoms with Crippen molar-refractivity contribution in [1.29, 1.82) is 0 Å². The van der Waals surface area contributed by atoms with Crippen LogP contribution in [0.3, 0.4) is 0 Å². The summed E-state index contributed by atoms with van der Waals surface area (Å²) < 4.78 is 10.3. The zero-order valence-electron chi connectivity index (χ0n) is 15.5. The van der Waals surface area contributed by atoms with Gasteiger partial charge in [0.1, 0.15) is 6.04 Å². The number of para-hydroxylation sites is 1. The molecular formula is C20H20N4O4. The lowest BCUT2D eigenvalue weighted by Gasteiger charge is -2.13. The van der Waals surface area contributed by atoms with E-state index in [0.717, 1.165) is 11.1 Å². The first kappa shape index (κ1) is 19.1. The first-order valence-electron chi connectivity index (χ1n) is 8.70. The summed E-state index contributed by atoms with van der Waals surface area (Å²) in [7, 11) is 0. The summed E-state index contributed by atoms with van der Waals surface area (Å²) in [6, 6.07) is 15.2. The molecule has 0 radical (unpaired) electrons. The highest BCUT2D eigenvalue weighted by Crippen LogP contribution is 2.19. The van der Waals surface area contributed by atoms with Crippen molar-refractivity contribution in [1.82, 2.24) is 15.5 Å². The molecule has 0 fully saturated rings. The molecule has 1 atom stereocenters. The second-order valence-corrected chi connectivity index (χ2v) is 6.12. The zero-order chi connectivity index (χ0) is 19.9. The van der Waals surface area contributed by atoms with E-state index < -0.39 is 18.0 Å². The second-order valence-electron chi connectivity index (χ2n) is 6.12. The van der Waals surface area contributed by atoms with Crippen LogP contribution in [0.15, 0.2) is 59.1 Å². The average molecular weight is 380 g/mol. The summed E-state index contributed by atoms with van der Waals surface area (Å²) in [6.45, 7) is 3.29. The predicted octanol–water partition coefficient (Wildman–Crippen LogP) is 3.30. The number of nitrogens with one attached hydrogen (secondary N) is 2. The molecule has 0 aliphatic heterocycles. The van der Waals surface area contributed by atoms with Gasteiger partial charge in [0.15, 0.2) is 6.61 Å². The molecule has 1 aromatic heterocycles. The summed E-state index contributed by atoms with van der Waals surface area (Å²) >= 11 is 0. The molecule has 28 heavy (non-hydrogen) atoms. The number of anilines is 1. The molecule has 144 valence electrons. The summed E-state index contributed by atoms with van der Waals surface area (Å²) in [5.74, 6) is -0.0102. The number of carbonyl (C=O) groups is 2. The van der Waals surface area contributed by atoms with Crippen LogP contribution in [0, 0.1) is 6.92 Å². The summed E-state index contributed by atoms with van der Waals surface area (Å²) in [5, 5.41) is 9.05. The number of hydrogen-bond acceptors (Lipinski definition) is 6. The lowest BCUT2D eigenvalue weighted by molar-refractivity contribution is -0.147. The predicted molar refractivity (Wildman–Crippen MR) is 102 cm³/mol. The van der Waals surface area contributed by atoms with Crippen LogP contribution in [0.4, 0.5) is 10.5 Å². The number of ether oxygens (including phenoxy) is 1. The van der Waals surface area contributed by atoms with Gasteiger partial charge in [-0.1, -0.05) is 47.6 Å². The number of carbonyl (C=O) groups excluding carboxylic acids is 2. The van der Waals surface area contributed by atoms with Crippen molar-refractivity contribution >= 4 is 17.7 Å². The molecule has 2 aromatic carbocycles. The maximum atomic E-state index is 12.1. The van der Waals surface area contributed by atoms with E-state index in [1.54, 1.807) is 24.3 Å². The van der Waals surface area contributed by atoms with Crippen molar-refractivity contribution in [2.24, 2.45) is 0 Å². The van der Waals surface area contributed by atoms with E-state index in [1.165, 1.54) is 6.92 Å². The van der Waals surface area contributed by atoms with Crippen LogP contribution in [0.5, 0.6) is 0 Å². The number of nitrogens with zero attached hydrogens (tertiary/aromatic N) is 2. The third-order valence-electron chi connectivity index (χ3n) is 3.92. The van der Waals surface area contributed by atoms with Crippen molar-refractivity contribution in [2.45, 2.75) is 26.5 Å². The van der Waals surface area contributed by atoms with E-state index in [1.807, 2.05) is 37.3 Å². The minimum Gasteiger partial charge on any atom is -0.454 e. The van der Waals surface area contributed by atoms with Gasteiger partial charge in [-0.05, 0) is 31.5 Å². The standard InChI is InChI=1S/C20H20N4O4/c1-13-8-6-7-11-16(13)18-23-17(28-24-18)12-27-19(25)14(2)21-20(26)22-15-9-4-3-5-10-15/h3-11,14H,12H2,1-2H3,(H2,21,22,26)/t14-/m0/s1. The first-order valence-corrected chi connectivity index (χ1v) is 8.70. The van der Waals surface area contributed by atoms with E-state index in [-0.39, 0.29) is 12.5 Å². The molecule has 0 saturated heterocycles. The van der Waals surface area contributed by atoms with Gasteiger partial charge in [-0.2, -0.15) is 4.98 Å². The van der Waals surface area contributed by atoms with Gasteiger partial charge in [0.2, 0.25) is 5.82 Å². The number of urea groups is 1. The Hall–Kier alpha value is -3.68. The van der Waals surface area contributed by atoms with Crippen LogP contribution in [0.25, 0.3) is 11.4 Å². The van der Waals surface area contributed by atoms with Crippen LogP contribution in [0.1, 0.15) is 18.4 Å². The lowest BCUT2D eigenvalue weighted by Crippen LogP contribution is -2.41. The number of aromatic nitrogens is 2. The Kier molecular flexibility index (Phi) is 6.01. The average Bonchev–Trinajstić information content (AvgIpc) is 3.16. The molecule has 3 rings (SSSR count). The van der Waals surface area contributed by atoms with E-state index in [2.05, 4.69) is 20.8 Å². The van der Waals surface area contributed by atoms with Crippen molar-refractivity contribution in [3.05, 3.63) is 66.1 Å². The van der Waals surface area contributed by atoms with E-state index in [0.29, 0.717) is 11.5 Å². The molecule has 0 unspecified atom stereocenters. The van der Waals surface area contributed by atoms with Gasteiger partial charge < -0.3 is 19.9 Å². The van der Waals surface area contributed by atoms with E-state index >= 15 is 0 Å². The minimum absolute atomic E-state index is 0.174. The largest absolute Gasteiger partial charge is 0.454 e. The van der Waals surface area contributed by atoms with Gasteiger partial charge in [-0.3, -0.25) is 0 Å². The zero-order valence-corrected chi connectivity index (χ0v) is 15.5. The molecule has 0 spiro atoms. The Bertz CT molecular complexity index is 956. The van der Waals surface area contributed by atoms with Crippen molar-refractivity contribution in [3.8, 4) is 11.4 Å². The number of amides is 2. The Morgan fingerprint density at radius 1 is 1.11 bits per heavy atom. The lowest BCUT2D eigenvalue weighted by atomic mass is 10.1. The molecule has 8 nitrogen and oxygen atoms in total. The van der Waals surface area contributed by atoms with Crippen molar-refractivity contribution in [3.63, 3.8) is 0 Å². The molecule has 2 N–H and O–H groups in total. The fourth-order valence-corrected chi connectivity index (χ4v) is 2.45. The van der Waals surface area contributed by atoms with Crippen LogP contribution >= 0.6 is 0 Å². The maximum absolute atomic E-state index is 12.1. The van der Waals surface area contributed by atoms with Gasteiger partial charge >= 0.3 is 12.0 Å². The maximum Gasteiger partial charge on any atom is 0.328 e. The Labute approximate surface area is 161 Å². The SMILES string of the molecule is Cc1ccccc1-c1noc(COC(=O)[C@H](C)NC(=O)Nc2ccccc2)n1. The number of rotatable bonds is 6. The highest BCUT2D eigenvalue weighted by Gasteiger charge is 2.19. The summed E-state index contributed by atoms with van der Waals surface area (Å²) in [4.78, 5) is 28.2. The smallest absolute Gasteiger partial charge is 0.328 e. The number of esters is 1. The van der Waals surface area contributed by atoms with Gasteiger partial charge in [-0.25, -0.2) is 9.59 Å². The molecule has 8 heteroatoms. The van der Waals surface area contributed by atoms with Crippen molar-refractivity contribution < 1.29 is 18.8 Å². The fraction of sp³-hybridized carbons (Fsp3) is 0.200. The first-order chi connectivity index (χ1) is 13.5. The molecule has 2 amide bonds. The third-order valence-corrected chi connectivity index (χ3v) is 3.92. The number of aryl methyl sites for hydroxylation is 1. The van der Waals surface area contributed by atoms with Crippen LogP contribution < -0.4 is 10.6 Å². The molecule has 0 aliphatic rings. The molecule has 3 aromatic rings.